The molecule has 0 aliphatic carbocycles. The molecule has 2 aromatic rings. The highest BCUT2D eigenvalue weighted by Gasteiger charge is 2.49. The molecule has 1 spiro atoms. The number of anilines is 2. The highest BCUT2D eigenvalue weighted by molar-refractivity contribution is 5.83. The summed E-state index contributed by atoms with van der Waals surface area (Å²) < 4.78 is 6.57. The van der Waals surface area contributed by atoms with Gasteiger partial charge < -0.3 is 20.3 Å². The van der Waals surface area contributed by atoms with E-state index in [1.54, 1.807) is 17.2 Å². The maximum atomic E-state index is 13.2. The van der Waals surface area contributed by atoms with E-state index in [2.05, 4.69) is 29.8 Å². The Balaban J connectivity index is 1.55. The molecule has 1 saturated heterocycles. The molecule has 0 saturated carbocycles. The lowest BCUT2D eigenvalue weighted by molar-refractivity contribution is -0.156. The lowest BCUT2D eigenvalue weighted by Gasteiger charge is -2.40. The number of hydrogen-bond acceptors (Lipinski definition) is 5. The second-order valence-corrected chi connectivity index (χ2v) is 8.63. The fourth-order valence-corrected chi connectivity index (χ4v) is 4.61. The fourth-order valence-electron chi connectivity index (χ4n) is 4.61. The first kappa shape index (κ1) is 19.7. The van der Waals surface area contributed by atoms with Gasteiger partial charge in [0.15, 0.2) is 6.10 Å². The largest absolute Gasteiger partial charge is 0.399 e. The van der Waals surface area contributed by atoms with E-state index in [0.717, 1.165) is 55.1 Å². The zero-order chi connectivity index (χ0) is 20.6. The molecule has 1 amide bonds. The number of benzene rings is 1. The van der Waals surface area contributed by atoms with Crippen LogP contribution in [0.3, 0.4) is 0 Å². The van der Waals surface area contributed by atoms with Crippen LogP contribution < -0.4 is 10.6 Å². The van der Waals surface area contributed by atoms with Crippen LogP contribution in [0.5, 0.6) is 0 Å². The third-order valence-corrected chi connectivity index (χ3v) is 5.98. The van der Waals surface area contributed by atoms with Crippen LogP contribution in [0.4, 0.5) is 11.5 Å². The molecule has 6 heteroatoms. The number of piperidine rings is 1. The standard InChI is InChI=1S/C23H30N4O2/c1-16(2)15-26(3)22(28)21-18-6-4-5-7-19(18)23(29-21)9-12-27(13-10-23)20-14-17(24)8-11-25-20/h4-8,11,14,16,21H,9-10,12-13,15H2,1-3H3,(H2,24,25). The summed E-state index contributed by atoms with van der Waals surface area (Å²) in [6.07, 6.45) is 2.86. The Bertz CT molecular complexity index is 890. The van der Waals surface area contributed by atoms with Gasteiger partial charge in [0.1, 0.15) is 5.82 Å². The lowest BCUT2D eigenvalue weighted by Crippen LogP contribution is -2.44. The van der Waals surface area contributed by atoms with Crippen LogP contribution in [0.25, 0.3) is 0 Å². The number of nitrogens with zero attached hydrogens (tertiary/aromatic N) is 3. The minimum absolute atomic E-state index is 0.0444. The van der Waals surface area contributed by atoms with Gasteiger partial charge in [-0.15, -0.1) is 0 Å². The molecule has 29 heavy (non-hydrogen) atoms. The van der Waals surface area contributed by atoms with E-state index in [0.29, 0.717) is 5.92 Å². The Labute approximate surface area is 172 Å². The van der Waals surface area contributed by atoms with Crippen molar-refractivity contribution in [2.75, 3.05) is 37.3 Å². The number of fused-ring (bicyclic) bond motifs is 2. The first-order valence-corrected chi connectivity index (χ1v) is 10.4. The molecular weight excluding hydrogens is 364 g/mol. The summed E-state index contributed by atoms with van der Waals surface area (Å²) in [5.74, 6) is 1.36. The molecule has 1 unspecified atom stereocenters. The van der Waals surface area contributed by atoms with Gasteiger partial charge in [0, 0.05) is 44.6 Å². The molecule has 3 heterocycles. The first-order chi connectivity index (χ1) is 13.9. The average molecular weight is 395 g/mol. The van der Waals surface area contributed by atoms with Crippen molar-refractivity contribution in [3.05, 3.63) is 53.7 Å². The van der Waals surface area contributed by atoms with Crippen molar-refractivity contribution in [1.29, 1.82) is 0 Å². The monoisotopic (exact) mass is 394 g/mol. The van der Waals surface area contributed by atoms with Crippen LogP contribution in [0.2, 0.25) is 0 Å². The molecule has 1 aromatic carbocycles. The third kappa shape index (κ3) is 3.69. The predicted molar refractivity (Wildman–Crippen MR) is 115 cm³/mol. The van der Waals surface area contributed by atoms with Crippen LogP contribution >= 0.6 is 0 Å². The number of pyridine rings is 1. The first-order valence-electron chi connectivity index (χ1n) is 10.4. The average Bonchev–Trinajstić information content (AvgIpc) is 3.02. The van der Waals surface area contributed by atoms with Crippen molar-refractivity contribution < 1.29 is 9.53 Å². The summed E-state index contributed by atoms with van der Waals surface area (Å²) in [5.41, 5.74) is 8.41. The summed E-state index contributed by atoms with van der Waals surface area (Å²) in [6.45, 7) is 6.59. The van der Waals surface area contributed by atoms with Crippen molar-refractivity contribution >= 4 is 17.4 Å². The number of nitrogens with two attached hydrogens (primary N) is 1. The number of carbonyl (C=O) groups is 1. The molecule has 2 aliphatic rings. The minimum Gasteiger partial charge on any atom is -0.399 e. The number of hydrogen-bond donors (Lipinski definition) is 1. The Kier molecular flexibility index (Phi) is 5.21. The number of ether oxygens (including phenoxy) is 1. The summed E-state index contributed by atoms with van der Waals surface area (Å²) in [7, 11) is 1.87. The van der Waals surface area contributed by atoms with Gasteiger partial charge >= 0.3 is 0 Å². The smallest absolute Gasteiger partial charge is 0.256 e. The van der Waals surface area contributed by atoms with Gasteiger partial charge in [0.25, 0.3) is 5.91 Å². The SMILES string of the molecule is CC(C)CN(C)C(=O)C1OC2(CCN(c3cc(N)ccn3)CC2)c2ccccc21. The van der Waals surface area contributed by atoms with E-state index < -0.39 is 11.7 Å². The van der Waals surface area contributed by atoms with E-state index >= 15 is 0 Å². The molecule has 6 nitrogen and oxygen atoms in total. The molecule has 1 atom stereocenters. The van der Waals surface area contributed by atoms with E-state index in [1.807, 2.05) is 31.3 Å². The Hall–Kier alpha value is -2.60. The summed E-state index contributed by atoms with van der Waals surface area (Å²) in [6, 6.07) is 11.9. The van der Waals surface area contributed by atoms with Crippen LogP contribution in [-0.4, -0.2) is 42.5 Å². The molecule has 0 bridgehead atoms. The number of aromatic nitrogens is 1. The van der Waals surface area contributed by atoms with Crippen LogP contribution in [-0.2, 0) is 15.1 Å². The Morgan fingerprint density at radius 3 is 2.72 bits per heavy atom. The van der Waals surface area contributed by atoms with E-state index in [9.17, 15) is 4.79 Å². The van der Waals surface area contributed by atoms with Crippen LogP contribution in [0, 0.1) is 5.92 Å². The van der Waals surface area contributed by atoms with Crippen molar-refractivity contribution in [3.8, 4) is 0 Å². The van der Waals surface area contributed by atoms with Gasteiger partial charge in [0.2, 0.25) is 0 Å². The van der Waals surface area contributed by atoms with Gasteiger partial charge in [-0.25, -0.2) is 4.98 Å². The summed E-state index contributed by atoms with van der Waals surface area (Å²) in [4.78, 5) is 21.7. The summed E-state index contributed by atoms with van der Waals surface area (Å²) >= 11 is 0. The molecule has 4 rings (SSSR count). The van der Waals surface area contributed by atoms with E-state index in [4.69, 9.17) is 10.5 Å². The van der Waals surface area contributed by atoms with Crippen molar-refractivity contribution in [1.82, 2.24) is 9.88 Å². The molecule has 1 fully saturated rings. The van der Waals surface area contributed by atoms with Gasteiger partial charge in [-0.1, -0.05) is 38.1 Å². The maximum Gasteiger partial charge on any atom is 0.256 e. The van der Waals surface area contributed by atoms with Crippen LogP contribution in [0.1, 0.15) is 43.9 Å². The lowest BCUT2D eigenvalue weighted by atomic mass is 9.83. The molecular formula is C23H30N4O2. The van der Waals surface area contributed by atoms with Crippen molar-refractivity contribution in [3.63, 3.8) is 0 Å². The Morgan fingerprint density at radius 2 is 2.03 bits per heavy atom. The summed E-state index contributed by atoms with van der Waals surface area (Å²) in [5, 5.41) is 0. The van der Waals surface area contributed by atoms with Crippen molar-refractivity contribution in [2.45, 2.75) is 38.4 Å². The number of nitrogen functional groups attached to an aromatic ring is 1. The molecule has 0 radical (unpaired) electrons. The quantitative estimate of drug-likeness (QED) is 0.861. The van der Waals surface area contributed by atoms with Gasteiger partial charge in [-0.3, -0.25) is 4.79 Å². The Morgan fingerprint density at radius 1 is 1.31 bits per heavy atom. The van der Waals surface area contributed by atoms with E-state index in [1.165, 1.54) is 0 Å². The normalized spacial score (nSPS) is 20.1. The predicted octanol–water partition coefficient (Wildman–Crippen LogP) is 3.35. The van der Waals surface area contributed by atoms with Gasteiger partial charge in [-0.2, -0.15) is 0 Å². The molecule has 1 aromatic heterocycles. The number of likely N-dealkylation sites (N-methyl/N-ethyl adjacent to an activating group) is 1. The second-order valence-electron chi connectivity index (χ2n) is 8.63. The topological polar surface area (TPSA) is 71.7 Å². The number of rotatable bonds is 4. The third-order valence-electron chi connectivity index (χ3n) is 5.98. The minimum atomic E-state index is -0.521. The van der Waals surface area contributed by atoms with Crippen LogP contribution in [0.15, 0.2) is 42.6 Å². The number of amides is 1. The number of carbonyl (C=O) groups excluding carboxylic acids is 1. The molecule has 2 aliphatic heterocycles. The molecule has 2 N–H and O–H groups in total. The van der Waals surface area contributed by atoms with Gasteiger partial charge in [-0.05, 0) is 36.0 Å². The second kappa shape index (κ2) is 7.67. The molecule has 154 valence electrons. The zero-order valence-corrected chi connectivity index (χ0v) is 17.5. The maximum absolute atomic E-state index is 13.2. The fraction of sp³-hybridized carbons (Fsp3) is 0.478. The zero-order valence-electron chi connectivity index (χ0n) is 17.5. The highest BCUT2D eigenvalue weighted by Crippen LogP contribution is 2.50. The van der Waals surface area contributed by atoms with Gasteiger partial charge in [0.05, 0.1) is 5.60 Å². The van der Waals surface area contributed by atoms with Crippen molar-refractivity contribution in [2.24, 2.45) is 5.92 Å². The van der Waals surface area contributed by atoms with E-state index in [-0.39, 0.29) is 5.91 Å². The highest BCUT2D eigenvalue weighted by atomic mass is 16.5.